The molecule has 0 saturated heterocycles. The van der Waals surface area contributed by atoms with Crippen molar-refractivity contribution in [2.75, 3.05) is 0 Å². The molecule has 2 nitrogen and oxygen atoms in total. The summed E-state index contributed by atoms with van der Waals surface area (Å²) in [5.74, 6) is 0.149. The highest BCUT2D eigenvalue weighted by molar-refractivity contribution is 6.01. The van der Waals surface area contributed by atoms with E-state index < -0.39 is 0 Å². The first-order chi connectivity index (χ1) is 8.75. The van der Waals surface area contributed by atoms with Gasteiger partial charge in [-0.2, -0.15) is 0 Å². The van der Waals surface area contributed by atoms with E-state index in [2.05, 4.69) is 11.1 Å². The molecule has 0 fully saturated rings. The monoisotopic (exact) mass is 237 g/mol. The summed E-state index contributed by atoms with van der Waals surface area (Å²) < 4.78 is 0. The molecule has 1 aromatic carbocycles. The van der Waals surface area contributed by atoms with Crippen LogP contribution in [0.25, 0.3) is 0 Å². The lowest BCUT2D eigenvalue weighted by molar-refractivity contribution is 0.0958. The van der Waals surface area contributed by atoms with Gasteiger partial charge in [0.2, 0.25) is 0 Å². The average Bonchev–Trinajstić information content (AvgIpc) is 2.82. The van der Waals surface area contributed by atoms with Gasteiger partial charge in [0.15, 0.2) is 5.78 Å². The largest absolute Gasteiger partial charge is 0.293 e. The molecule has 1 atom stereocenters. The van der Waals surface area contributed by atoms with Crippen LogP contribution in [0.3, 0.4) is 0 Å². The molecule has 0 bridgehead atoms. The number of carbonyl (C=O) groups excluding carboxylic acids is 1. The minimum Gasteiger partial charge on any atom is -0.293 e. The molecule has 0 spiro atoms. The van der Waals surface area contributed by atoms with Crippen molar-refractivity contribution in [3.05, 3.63) is 65.0 Å². The predicted octanol–water partition coefficient (Wildman–Crippen LogP) is 3.30. The average molecular weight is 237 g/mol. The smallest absolute Gasteiger partial charge is 0.171 e. The summed E-state index contributed by atoms with van der Waals surface area (Å²) in [6.07, 6.45) is 3.63. The van der Waals surface area contributed by atoms with Crippen molar-refractivity contribution >= 4 is 5.78 Å². The molecular formula is C16H15NO. The number of pyridine rings is 1. The Hall–Kier alpha value is -1.96. The topological polar surface area (TPSA) is 30.0 Å². The Morgan fingerprint density at radius 2 is 2.00 bits per heavy atom. The molecule has 0 amide bonds. The van der Waals surface area contributed by atoms with E-state index in [1.807, 2.05) is 37.3 Å². The van der Waals surface area contributed by atoms with E-state index in [9.17, 15) is 4.79 Å². The maximum Gasteiger partial charge on any atom is 0.171 e. The number of aryl methyl sites for hydroxylation is 2. The van der Waals surface area contributed by atoms with Crippen LogP contribution in [-0.2, 0) is 6.42 Å². The highest BCUT2D eigenvalue weighted by Gasteiger charge is 2.30. The minimum atomic E-state index is -0.0519. The number of hydrogen-bond donors (Lipinski definition) is 0. The second kappa shape index (κ2) is 4.37. The number of hydrogen-bond acceptors (Lipinski definition) is 2. The fraction of sp³-hybridized carbons (Fsp3) is 0.250. The third-order valence-corrected chi connectivity index (χ3v) is 3.61. The second-order valence-corrected chi connectivity index (χ2v) is 4.87. The fourth-order valence-electron chi connectivity index (χ4n) is 2.59. The van der Waals surface area contributed by atoms with Gasteiger partial charge in [0.05, 0.1) is 11.6 Å². The zero-order valence-electron chi connectivity index (χ0n) is 10.4. The van der Waals surface area contributed by atoms with Gasteiger partial charge >= 0.3 is 0 Å². The van der Waals surface area contributed by atoms with Crippen molar-refractivity contribution in [1.29, 1.82) is 0 Å². The molecule has 1 aliphatic rings. The summed E-state index contributed by atoms with van der Waals surface area (Å²) in [6.45, 7) is 2.03. The minimum absolute atomic E-state index is 0.0519. The molecule has 3 rings (SSSR count). The van der Waals surface area contributed by atoms with Gasteiger partial charge in [0.1, 0.15) is 0 Å². The first-order valence-corrected chi connectivity index (χ1v) is 6.30. The third-order valence-electron chi connectivity index (χ3n) is 3.61. The Balaban J connectivity index is 1.93. The van der Waals surface area contributed by atoms with Crippen LogP contribution in [-0.4, -0.2) is 10.8 Å². The highest BCUT2D eigenvalue weighted by Crippen LogP contribution is 2.33. The number of rotatable bonds is 2. The van der Waals surface area contributed by atoms with Crippen molar-refractivity contribution in [3.8, 4) is 0 Å². The lowest BCUT2D eigenvalue weighted by Crippen LogP contribution is -2.11. The predicted molar refractivity (Wildman–Crippen MR) is 70.8 cm³/mol. The Bertz CT molecular complexity index is 586. The van der Waals surface area contributed by atoms with E-state index in [0.717, 1.165) is 24.1 Å². The molecule has 2 aromatic rings. The first-order valence-electron chi connectivity index (χ1n) is 6.30. The van der Waals surface area contributed by atoms with Crippen molar-refractivity contribution in [3.63, 3.8) is 0 Å². The van der Waals surface area contributed by atoms with E-state index in [1.54, 1.807) is 6.20 Å². The van der Waals surface area contributed by atoms with Crippen LogP contribution in [0.5, 0.6) is 0 Å². The van der Waals surface area contributed by atoms with E-state index in [0.29, 0.717) is 0 Å². The molecular weight excluding hydrogens is 222 g/mol. The normalized spacial score (nSPS) is 17.5. The maximum atomic E-state index is 12.5. The first kappa shape index (κ1) is 11.1. The van der Waals surface area contributed by atoms with Gasteiger partial charge < -0.3 is 0 Å². The van der Waals surface area contributed by atoms with Crippen LogP contribution in [0.15, 0.2) is 42.6 Å². The van der Waals surface area contributed by atoms with E-state index in [-0.39, 0.29) is 11.7 Å². The number of aromatic nitrogens is 1. The van der Waals surface area contributed by atoms with E-state index in [1.165, 1.54) is 11.1 Å². The summed E-state index contributed by atoms with van der Waals surface area (Å²) in [7, 11) is 0. The molecule has 0 N–H and O–H groups in total. The summed E-state index contributed by atoms with van der Waals surface area (Å²) >= 11 is 0. The summed E-state index contributed by atoms with van der Waals surface area (Å²) in [4.78, 5) is 16.9. The van der Waals surface area contributed by atoms with Gasteiger partial charge in [-0.3, -0.25) is 9.78 Å². The molecule has 90 valence electrons. The second-order valence-electron chi connectivity index (χ2n) is 4.87. The molecule has 2 heteroatoms. The standard InChI is InChI=1S/C16H15NO/c1-11-4-6-13(7-5-11)16(18)14-9-8-12-3-2-10-17-15(12)14/h2-7,10,14H,8-9H2,1H3. The Kier molecular flexibility index (Phi) is 2.71. The number of fused-ring (bicyclic) bond motifs is 1. The molecule has 18 heavy (non-hydrogen) atoms. The van der Waals surface area contributed by atoms with Crippen LogP contribution in [0, 0.1) is 6.92 Å². The van der Waals surface area contributed by atoms with Gasteiger partial charge in [0.25, 0.3) is 0 Å². The van der Waals surface area contributed by atoms with Crippen molar-refractivity contribution in [2.24, 2.45) is 0 Å². The van der Waals surface area contributed by atoms with Crippen LogP contribution in [0.4, 0.5) is 0 Å². The van der Waals surface area contributed by atoms with E-state index in [4.69, 9.17) is 0 Å². The van der Waals surface area contributed by atoms with Gasteiger partial charge in [-0.05, 0) is 31.4 Å². The lowest BCUT2D eigenvalue weighted by atomic mass is 9.95. The SMILES string of the molecule is Cc1ccc(C(=O)C2CCc3cccnc32)cc1. The molecule has 0 aliphatic heterocycles. The molecule has 1 aromatic heterocycles. The molecule has 1 heterocycles. The summed E-state index contributed by atoms with van der Waals surface area (Å²) in [6, 6.07) is 11.8. The van der Waals surface area contributed by atoms with Crippen molar-refractivity contribution in [2.45, 2.75) is 25.7 Å². The number of ketones is 1. The van der Waals surface area contributed by atoms with Crippen molar-refractivity contribution in [1.82, 2.24) is 4.98 Å². The number of nitrogens with zero attached hydrogens (tertiary/aromatic N) is 1. The van der Waals surface area contributed by atoms with Crippen LogP contribution < -0.4 is 0 Å². The molecule has 0 saturated carbocycles. The van der Waals surface area contributed by atoms with Crippen LogP contribution in [0.1, 0.15) is 39.5 Å². The molecule has 0 radical (unpaired) electrons. The van der Waals surface area contributed by atoms with Gasteiger partial charge in [-0.15, -0.1) is 0 Å². The number of carbonyl (C=O) groups is 1. The molecule has 1 unspecified atom stereocenters. The Morgan fingerprint density at radius 1 is 1.22 bits per heavy atom. The number of benzene rings is 1. The highest BCUT2D eigenvalue weighted by atomic mass is 16.1. The van der Waals surface area contributed by atoms with E-state index >= 15 is 0 Å². The van der Waals surface area contributed by atoms with Gasteiger partial charge in [-0.1, -0.05) is 35.9 Å². The van der Waals surface area contributed by atoms with Gasteiger partial charge in [-0.25, -0.2) is 0 Å². The quantitative estimate of drug-likeness (QED) is 0.750. The summed E-state index contributed by atoms with van der Waals surface area (Å²) in [5, 5.41) is 0. The zero-order valence-corrected chi connectivity index (χ0v) is 10.4. The summed E-state index contributed by atoms with van der Waals surface area (Å²) in [5.41, 5.74) is 4.17. The van der Waals surface area contributed by atoms with Crippen LogP contribution >= 0.6 is 0 Å². The zero-order chi connectivity index (χ0) is 12.5. The number of Topliss-reactive ketones (excluding diaryl/α,β-unsaturated/α-hetero) is 1. The maximum absolute atomic E-state index is 12.5. The Morgan fingerprint density at radius 3 is 2.78 bits per heavy atom. The molecule has 1 aliphatic carbocycles. The van der Waals surface area contributed by atoms with Crippen LogP contribution in [0.2, 0.25) is 0 Å². The third kappa shape index (κ3) is 1.84. The Labute approximate surface area is 107 Å². The fourth-order valence-corrected chi connectivity index (χ4v) is 2.59. The van der Waals surface area contributed by atoms with Crippen molar-refractivity contribution < 1.29 is 4.79 Å². The van der Waals surface area contributed by atoms with Gasteiger partial charge in [0, 0.05) is 11.8 Å². The lowest BCUT2D eigenvalue weighted by Gasteiger charge is -2.09.